The van der Waals surface area contributed by atoms with Gasteiger partial charge in [-0.1, -0.05) is 30.3 Å². The minimum absolute atomic E-state index is 0.0290. The van der Waals surface area contributed by atoms with Gasteiger partial charge in [0, 0.05) is 5.56 Å². The van der Waals surface area contributed by atoms with Crippen LogP contribution in [0.25, 0.3) is 0 Å². The number of carbonyl (C=O) groups excluding carboxylic acids is 1. The number of hydrogen-bond donors (Lipinski definition) is 2. The van der Waals surface area contributed by atoms with Gasteiger partial charge < -0.3 is 10.2 Å². The number of amides is 1. The molecule has 1 fully saturated rings. The van der Waals surface area contributed by atoms with Crippen LogP contribution < -0.4 is 10.2 Å². The Bertz CT molecular complexity index is 519. The van der Waals surface area contributed by atoms with E-state index in [1.807, 2.05) is 25.1 Å². The molecular formula is C17H24N3O+. The first-order chi connectivity index (χ1) is 10.1. The second-order valence-corrected chi connectivity index (χ2v) is 6.08. The lowest BCUT2D eigenvalue weighted by molar-refractivity contribution is -0.904. The average molecular weight is 286 g/mol. The van der Waals surface area contributed by atoms with Gasteiger partial charge in [-0.2, -0.15) is 5.26 Å². The standard InChI is InChI=1S/C17H23N3O/c1-3-20(11-14-7-5-4-6-8-14)12-16(21)19-17(2,13-18)15-9-10-15/h4-8,15H,3,9-12H2,1-2H3,(H,19,21)/p+1/t17-/m1/s1. The summed E-state index contributed by atoms with van der Waals surface area (Å²) in [6.45, 7) is 6.04. The van der Waals surface area contributed by atoms with Gasteiger partial charge in [0.2, 0.25) is 0 Å². The van der Waals surface area contributed by atoms with Crippen LogP contribution in [0, 0.1) is 17.2 Å². The summed E-state index contributed by atoms with van der Waals surface area (Å²) < 4.78 is 0. The monoisotopic (exact) mass is 286 g/mol. The average Bonchev–Trinajstić information content (AvgIpc) is 3.32. The van der Waals surface area contributed by atoms with Crippen molar-refractivity contribution in [1.29, 1.82) is 5.26 Å². The number of hydrogen-bond acceptors (Lipinski definition) is 2. The van der Waals surface area contributed by atoms with Gasteiger partial charge in [0.15, 0.2) is 6.54 Å². The van der Waals surface area contributed by atoms with E-state index in [2.05, 4.69) is 30.4 Å². The molecule has 0 bridgehead atoms. The highest BCUT2D eigenvalue weighted by atomic mass is 16.2. The van der Waals surface area contributed by atoms with E-state index >= 15 is 0 Å². The Kier molecular flexibility index (Phi) is 4.98. The Balaban J connectivity index is 1.89. The van der Waals surface area contributed by atoms with Gasteiger partial charge in [0.1, 0.15) is 12.1 Å². The van der Waals surface area contributed by atoms with Crippen molar-refractivity contribution >= 4 is 5.91 Å². The third kappa shape index (κ3) is 4.30. The van der Waals surface area contributed by atoms with Crippen LogP contribution in [0.2, 0.25) is 0 Å². The Hall–Kier alpha value is -1.86. The number of quaternary nitrogens is 1. The fraction of sp³-hybridized carbons (Fsp3) is 0.529. The van der Waals surface area contributed by atoms with Crippen LogP contribution in [-0.4, -0.2) is 24.5 Å². The number of rotatable bonds is 7. The van der Waals surface area contributed by atoms with Crippen molar-refractivity contribution in [1.82, 2.24) is 5.32 Å². The van der Waals surface area contributed by atoms with E-state index in [4.69, 9.17) is 0 Å². The van der Waals surface area contributed by atoms with Crippen LogP contribution in [0.1, 0.15) is 32.3 Å². The van der Waals surface area contributed by atoms with Crippen molar-refractivity contribution in [3.63, 3.8) is 0 Å². The first-order valence-corrected chi connectivity index (χ1v) is 7.67. The van der Waals surface area contributed by atoms with Gasteiger partial charge in [0.25, 0.3) is 5.91 Å². The Morgan fingerprint density at radius 2 is 2.10 bits per heavy atom. The van der Waals surface area contributed by atoms with E-state index in [1.54, 1.807) is 0 Å². The molecule has 0 aromatic heterocycles. The molecule has 0 heterocycles. The summed E-state index contributed by atoms with van der Waals surface area (Å²) in [6, 6.07) is 12.5. The summed E-state index contributed by atoms with van der Waals surface area (Å²) in [4.78, 5) is 13.4. The molecule has 0 radical (unpaired) electrons. The summed E-state index contributed by atoms with van der Waals surface area (Å²) in [5.41, 5.74) is 0.537. The van der Waals surface area contributed by atoms with Crippen LogP contribution in [-0.2, 0) is 11.3 Å². The molecule has 21 heavy (non-hydrogen) atoms. The summed E-state index contributed by atoms with van der Waals surface area (Å²) in [5.74, 6) is 0.296. The van der Waals surface area contributed by atoms with Crippen molar-refractivity contribution in [3.05, 3.63) is 35.9 Å². The SMILES string of the molecule is CC[NH+](CC(=O)N[C@](C)(C#N)C1CC1)Cc1ccccc1. The molecule has 0 aliphatic heterocycles. The van der Waals surface area contributed by atoms with Crippen molar-refractivity contribution < 1.29 is 9.69 Å². The van der Waals surface area contributed by atoms with Gasteiger partial charge in [-0.3, -0.25) is 4.79 Å². The maximum Gasteiger partial charge on any atom is 0.276 e. The van der Waals surface area contributed by atoms with Crippen molar-refractivity contribution in [3.8, 4) is 6.07 Å². The molecule has 0 saturated heterocycles. The molecule has 1 saturated carbocycles. The van der Waals surface area contributed by atoms with Gasteiger partial charge in [-0.25, -0.2) is 0 Å². The van der Waals surface area contributed by atoms with Crippen LogP contribution in [0.15, 0.2) is 30.3 Å². The fourth-order valence-electron chi connectivity index (χ4n) is 2.64. The van der Waals surface area contributed by atoms with Crippen LogP contribution >= 0.6 is 0 Å². The molecule has 1 aliphatic carbocycles. The minimum atomic E-state index is -0.692. The number of nitriles is 1. The van der Waals surface area contributed by atoms with Gasteiger partial charge >= 0.3 is 0 Å². The fourth-order valence-corrected chi connectivity index (χ4v) is 2.64. The zero-order chi connectivity index (χ0) is 15.3. The summed E-state index contributed by atoms with van der Waals surface area (Å²) >= 11 is 0. The highest BCUT2D eigenvalue weighted by Gasteiger charge is 2.43. The topological polar surface area (TPSA) is 57.3 Å². The minimum Gasteiger partial charge on any atom is -0.333 e. The van der Waals surface area contributed by atoms with Gasteiger partial charge in [-0.05, 0) is 32.6 Å². The Morgan fingerprint density at radius 1 is 1.43 bits per heavy atom. The normalized spacial score (nSPS) is 18.3. The predicted octanol–water partition coefficient (Wildman–Crippen LogP) is 0.900. The number of benzene rings is 1. The Labute approximate surface area is 126 Å². The van der Waals surface area contributed by atoms with Crippen molar-refractivity contribution in [2.24, 2.45) is 5.92 Å². The molecule has 1 amide bonds. The second-order valence-electron chi connectivity index (χ2n) is 6.08. The number of likely N-dealkylation sites (N-methyl/N-ethyl adjacent to an activating group) is 1. The van der Waals surface area contributed by atoms with Crippen LogP contribution in [0.3, 0.4) is 0 Å². The van der Waals surface area contributed by atoms with E-state index in [0.29, 0.717) is 12.5 Å². The van der Waals surface area contributed by atoms with E-state index in [9.17, 15) is 10.1 Å². The number of nitrogens with zero attached hydrogens (tertiary/aromatic N) is 1. The Morgan fingerprint density at radius 3 is 2.62 bits per heavy atom. The predicted molar refractivity (Wildman–Crippen MR) is 81.4 cm³/mol. The second kappa shape index (κ2) is 6.73. The van der Waals surface area contributed by atoms with Gasteiger partial charge in [0.05, 0.1) is 12.6 Å². The maximum atomic E-state index is 12.2. The third-order valence-corrected chi connectivity index (χ3v) is 4.23. The first kappa shape index (κ1) is 15.5. The molecule has 2 atom stereocenters. The summed E-state index contributed by atoms with van der Waals surface area (Å²) in [5, 5.41) is 12.2. The van der Waals surface area contributed by atoms with Crippen LogP contribution in [0.5, 0.6) is 0 Å². The molecule has 1 aromatic carbocycles. The molecule has 2 rings (SSSR count). The third-order valence-electron chi connectivity index (χ3n) is 4.23. The lowest BCUT2D eigenvalue weighted by Crippen LogP contribution is -3.11. The summed E-state index contributed by atoms with van der Waals surface area (Å²) in [6.07, 6.45) is 2.08. The molecule has 4 nitrogen and oxygen atoms in total. The zero-order valence-corrected chi connectivity index (χ0v) is 12.9. The molecule has 0 spiro atoms. The summed E-state index contributed by atoms with van der Waals surface area (Å²) in [7, 11) is 0. The van der Waals surface area contributed by atoms with Crippen LogP contribution in [0.4, 0.5) is 0 Å². The maximum absolute atomic E-state index is 12.2. The molecule has 112 valence electrons. The largest absolute Gasteiger partial charge is 0.333 e. The smallest absolute Gasteiger partial charge is 0.276 e. The highest BCUT2D eigenvalue weighted by molar-refractivity contribution is 5.78. The van der Waals surface area contributed by atoms with Gasteiger partial charge in [-0.15, -0.1) is 0 Å². The molecule has 1 aliphatic rings. The van der Waals surface area contributed by atoms with Crippen molar-refractivity contribution in [2.75, 3.05) is 13.1 Å². The lowest BCUT2D eigenvalue weighted by atomic mass is 9.98. The van der Waals surface area contributed by atoms with E-state index in [1.165, 1.54) is 10.5 Å². The molecule has 1 aromatic rings. The molecular weight excluding hydrogens is 262 g/mol. The molecule has 2 N–H and O–H groups in total. The van der Waals surface area contributed by atoms with E-state index < -0.39 is 5.54 Å². The number of nitrogens with one attached hydrogen (secondary N) is 2. The van der Waals surface area contributed by atoms with E-state index in [0.717, 1.165) is 25.9 Å². The quantitative estimate of drug-likeness (QED) is 0.782. The first-order valence-electron chi connectivity index (χ1n) is 7.67. The zero-order valence-electron chi connectivity index (χ0n) is 12.9. The lowest BCUT2D eigenvalue weighted by Gasteiger charge is -2.24. The van der Waals surface area contributed by atoms with Crippen molar-refractivity contribution in [2.45, 2.75) is 38.8 Å². The highest BCUT2D eigenvalue weighted by Crippen LogP contribution is 2.39. The van der Waals surface area contributed by atoms with E-state index in [-0.39, 0.29) is 5.91 Å². The molecule has 4 heteroatoms. The number of carbonyl (C=O) groups is 1. The molecule has 1 unspecified atom stereocenters.